The standard InChI is InChI=1S/C12H21NO2/c14-12(15)6-5-10-2-1-7-13(8-10)9-11-3-4-11/h10-11H,1-9H2,(H,14,15). The van der Waals surface area contributed by atoms with Gasteiger partial charge in [0.1, 0.15) is 0 Å². The van der Waals surface area contributed by atoms with Crippen LogP contribution in [0.1, 0.15) is 38.5 Å². The van der Waals surface area contributed by atoms with E-state index in [1.807, 2.05) is 0 Å². The first kappa shape index (κ1) is 10.9. The van der Waals surface area contributed by atoms with E-state index in [0.29, 0.717) is 12.3 Å². The zero-order chi connectivity index (χ0) is 10.7. The van der Waals surface area contributed by atoms with Gasteiger partial charge < -0.3 is 10.0 Å². The molecule has 1 N–H and O–H groups in total. The smallest absolute Gasteiger partial charge is 0.303 e. The van der Waals surface area contributed by atoms with Crippen LogP contribution in [-0.4, -0.2) is 35.6 Å². The van der Waals surface area contributed by atoms with Crippen molar-refractivity contribution >= 4 is 5.97 Å². The van der Waals surface area contributed by atoms with E-state index in [1.54, 1.807) is 0 Å². The summed E-state index contributed by atoms with van der Waals surface area (Å²) in [6.07, 6.45) is 6.54. The number of hydrogen-bond donors (Lipinski definition) is 1. The van der Waals surface area contributed by atoms with Gasteiger partial charge >= 0.3 is 5.97 Å². The Morgan fingerprint density at radius 2 is 2.07 bits per heavy atom. The molecule has 1 aliphatic heterocycles. The van der Waals surface area contributed by atoms with Crippen LogP contribution < -0.4 is 0 Å². The molecule has 0 bridgehead atoms. The summed E-state index contributed by atoms with van der Waals surface area (Å²) in [4.78, 5) is 13.0. The first-order valence-corrected chi connectivity index (χ1v) is 6.18. The van der Waals surface area contributed by atoms with Gasteiger partial charge in [0.2, 0.25) is 0 Å². The molecule has 15 heavy (non-hydrogen) atoms. The van der Waals surface area contributed by atoms with Gasteiger partial charge in [0.25, 0.3) is 0 Å². The van der Waals surface area contributed by atoms with Gasteiger partial charge in [-0.15, -0.1) is 0 Å². The second kappa shape index (κ2) is 4.97. The summed E-state index contributed by atoms with van der Waals surface area (Å²) in [5.41, 5.74) is 0. The van der Waals surface area contributed by atoms with Crippen molar-refractivity contribution in [3.8, 4) is 0 Å². The van der Waals surface area contributed by atoms with Crippen molar-refractivity contribution in [2.24, 2.45) is 11.8 Å². The number of piperidine rings is 1. The lowest BCUT2D eigenvalue weighted by atomic mass is 9.93. The fourth-order valence-electron chi connectivity index (χ4n) is 2.55. The molecule has 0 spiro atoms. The molecule has 2 fully saturated rings. The average Bonchev–Trinajstić information content (AvgIpc) is 2.99. The molecule has 0 aromatic heterocycles. The van der Waals surface area contributed by atoms with Crippen molar-refractivity contribution in [3.63, 3.8) is 0 Å². The van der Waals surface area contributed by atoms with Crippen molar-refractivity contribution in [1.29, 1.82) is 0 Å². The van der Waals surface area contributed by atoms with Crippen LogP contribution in [0.2, 0.25) is 0 Å². The highest BCUT2D eigenvalue weighted by atomic mass is 16.4. The van der Waals surface area contributed by atoms with E-state index >= 15 is 0 Å². The maximum absolute atomic E-state index is 10.5. The molecule has 86 valence electrons. The Hall–Kier alpha value is -0.570. The SMILES string of the molecule is O=C(O)CCC1CCCN(CC2CC2)C1. The lowest BCUT2D eigenvalue weighted by molar-refractivity contribution is -0.137. The van der Waals surface area contributed by atoms with Crippen molar-refractivity contribution in [3.05, 3.63) is 0 Å². The Bertz CT molecular complexity index is 226. The van der Waals surface area contributed by atoms with Crippen LogP contribution in [0.25, 0.3) is 0 Å². The predicted octanol–water partition coefficient (Wildman–Crippen LogP) is 1.97. The van der Waals surface area contributed by atoms with E-state index in [-0.39, 0.29) is 0 Å². The Balaban J connectivity index is 1.68. The van der Waals surface area contributed by atoms with Gasteiger partial charge in [-0.2, -0.15) is 0 Å². The largest absolute Gasteiger partial charge is 0.481 e. The van der Waals surface area contributed by atoms with Gasteiger partial charge in [-0.3, -0.25) is 4.79 Å². The van der Waals surface area contributed by atoms with Gasteiger partial charge in [-0.05, 0) is 50.5 Å². The summed E-state index contributed by atoms with van der Waals surface area (Å²) in [6.45, 7) is 3.65. The Morgan fingerprint density at radius 1 is 1.27 bits per heavy atom. The van der Waals surface area contributed by atoms with Gasteiger partial charge in [0, 0.05) is 19.5 Å². The topological polar surface area (TPSA) is 40.5 Å². The van der Waals surface area contributed by atoms with Crippen molar-refractivity contribution in [2.75, 3.05) is 19.6 Å². The highest BCUT2D eigenvalue weighted by molar-refractivity contribution is 5.66. The summed E-state index contributed by atoms with van der Waals surface area (Å²) in [6, 6.07) is 0. The minimum Gasteiger partial charge on any atom is -0.481 e. The number of likely N-dealkylation sites (tertiary alicyclic amines) is 1. The summed E-state index contributed by atoms with van der Waals surface area (Å²) in [5, 5.41) is 8.65. The quantitative estimate of drug-likeness (QED) is 0.756. The van der Waals surface area contributed by atoms with Crippen LogP contribution in [0.5, 0.6) is 0 Å². The van der Waals surface area contributed by atoms with Crippen LogP contribution in [0.4, 0.5) is 0 Å². The zero-order valence-corrected chi connectivity index (χ0v) is 9.32. The van der Waals surface area contributed by atoms with E-state index in [1.165, 1.54) is 38.8 Å². The summed E-state index contributed by atoms with van der Waals surface area (Å²) in [7, 11) is 0. The van der Waals surface area contributed by atoms with Crippen molar-refractivity contribution in [2.45, 2.75) is 38.5 Å². The van der Waals surface area contributed by atoms with Crippen LogP contribution in [0, 0.1) is 11.8 Å². The molecule has 1 saturated carbocycles. The lowest BCUT2D eigenvalue weighted by Crippen LogP contribution is -2.36. The molecule has 1 atom stereocenters. The van der Waals surface area contributed by atoms with E-state index in [4.69, 9.17) is 5.11 Å². The molecule has 1 aliphatic carbocycles. The molecule has 0 aromatic carbocycles. The minimum atomic E-state index is -0.644. The molecule has 1 unspecified atom stereocenters. The zero-order valence-electron chi connectivity index (χ0n) is 9.32. The van der Waals surface area contributed by atoms with E-state index < -0.39 is 5.97 Å². The molecule has 2 aliphatic rings. The number of rotatable bonds is 5. The summed E-state index contributed by atoms with van der Waals surface area (Å²) >= 11 is 0. The second-order valence-electron chi connectivity index (χ2n) is 5.14. The molecule has 0 aromatic rings. The van der Waals surface area contributed by atoms with Gasteiger partial charge in [-0.1, -0.05) is 0 Å². The van der Waals surface area contributed by atoms with Crippen LogP contribution in [0.3, 0.4) is 0 Å². The highest BCUT2D eigenvalue weighted by Gasteiger charge is 2.27. The van der Waals surface area contributed by atoms with Crippen molar-refractivity contribution in [1.82, 2.24) is 4.90 Å². The molecule has 3 nitrogen and oxygen atoms in total. The average molecular weight is 211 g/mol. The third kappa shape index (κ3) is 3.82. The third-order valence-corrected chi connectivity index (χ3v) is 3.58. The number of aliphatic carboxylic acids is 1. The Morgan fingerprint density at radius 3 is 2.73 bits per heavy atom. The Labute approximate surface area is 91.5 Å². The van der Waals surface area contributed by atoms with Gasteiger partial charge in [-0.25, -0.2) is 0 Å². The number of carboxylic acids is 1. The molecule has 1 saturated heterocycles. The molecular formula is C12H21NO2. The third-order valence-electron chi connectivity index (χ3n) is 3.58. The number of hydrogen-bond acceptors (Lipinski definition) is 2. The van der Waals surface area contributed by atoms with Gasteiger partial charge in [0.05, 0.1) is 0 Å². The first-order valence-electron chi connectivity index (χ1n) is 6.18. The van der Waals surface area contributed by atoms with E-state index in [2.05, 4.69) is 4.90 Å². The van der Waals surface area contributed by atoms with Gasteiger partial charge in [0.15, 0.2) is 0 Å². The second-order valence-corrected chi connectivity index (χ2v) is 5.14. The number of nitrogens with zero attached hydrogens (tertiary/aromatic N) is 1. The maximum atomic E-state index is 10.5. The monoisotopic (exact) mass is 211 g/mol. The fourth-order valence-corrected chi connectivity index (χ4v) is 2.55. The summed E-state index contributed by atoms with van der Waals surface area (Å²) < 4.78 is 0. The molecule has 2 rings (SSSR count). The molecule has 0 amide bonds. The number of carbonyl (C=O) groups is 1. The van der Waals surface area contributed by atoms with Crippen LogP contribution in [-0.2, 0) is 4.79 Å². The molecule has 3 heteroatoms. The summed E-state index contributed by atoms with van der Waals surface area (Å²) in [5.74, 6) is 0.950. The van der Waals surface area contributed by atoms with E-state index in [0.717, 1.165) is 18.9 Å². The number of carboxylic acid groups (broad SMARTS) is 1. The predicted molar refractivity (Wildman–Crippen MR) is 58.8 cm³/mol. The first-order chi connectivity index (χ1) is 7.24. The van der Waals surface area contributed by atoms with Crippen LogP contribution in [0.15, 0.2) is 0 Å². The van der Waals surface area contributed by atoms with Crippen LogP contribution >= 0.6 is 0 Å². The Kier molecular flexibility index (Phi) is 3.62. The fraction of sp³-hybridized carbons (Fsp3) is 0.917. The molecule has 0 radical (unpaired) electrons. The lowest BCUT2D eigenvalue weighted by Gasteiger charge is -2.32. The minimum absolute atomic E-state index is 0.349. The maximum Gasteiger partial charge on any atom is 0.303 e. The highest BCUT2D eigenvalue weighted by Crippen LogP contribution is 2.31. The molecule has 1 heterocycles. The van der Waals surface area contributed by atoms with Crippen molar-refractivity contribution < 1.29 is 9.90 Å². The van der Waals surface area contributed by atoms with E-state index in [9.17, 15) is 4.79 Å². The normalized spacial score (nSPS) is 27.9. The molecular weight excluding hydrogens is 190 g/mol.